The number of carbonyl (C=O) groups is 2. The number of amides is 2. The Bertz CT molecular complexity index is 578. The number of piperidine rings is 1. The highest BCUT2D eigenvalue weighted by Gasteiger charge is 2.40. The average molecular weight is 322 g/mol. The van der Waals surface area contributed by atoms with E-state index in [9.17, 15) is 9.59 Å². The highest BCUT2D eigenvalue weighted by molar-refractivity contribution is 7.14. The summed E-state index contributed by atoms with van der Waals surface area (Å²) in [6.07, 6.45) is 3.19. The molecule has 3 rings (SSSR count). The second kappa shape index (κ2) is 5.96. The van der Waals surface area contributed by atoms with Crippen LogP contribution in [0.3, 0.4) is 0 Å². The number of hydrogen-bond donors (Lipinski definition) is 1. The lowest BCUT2D eigenvalue weighted by atomic mass is 9.78. The SMILES string of the molecule is Cc1csc(NC(=O)C(=O)N2CCC3(CCN(C)C3)CC2)n1. The van der Waals surface area contributed by atoms with Gasteiger partial charge in [-0.15, -0.1) is 11.3 Å². The van der Waals surface area contributed by atoms with Gasteiger partial charge in [0.1, 0.15) is 0 Å². The van der Waals surface area contributed by atoms with E-state index in [2.05, 4.69) is 22.2 Å². The summed E-state index contributed by atoms with van der Waals surface area (Å²) in [7, 11) is 2.15. The lowest BCUT2D eigenvalue weighted by Gasteiger charge is -2.38. The monoisotopic (exact) mass is 322 g/mol. The van der Waals surface area contributed by atoms with Crippen molar-refractivity contribution in [2.45, 2.75) is 26.2 Å². The zero-order valence-electron chi connectivity index (χ0n) is 13.1. The number of aryl methyl sites for hydroxylation is 1. The molecule has 7 heteroatoms. The van der Waals surface area contributed by atoms with E-state index in [-0.39, 0.29) is 0 Å². The van der Waals surface area contributed by atoms with Crippen LogP contribution < -0.4 is 5.32 Å². The molecule has 1 N–H and O–H groups in total. The molecule has 0 radical (unpaired) electrons. The zero-order valence-corrected chi connectivity index (χ0v) is 13.9. The number of rotatable bonds is 1. The van der Waals surface area contributed by atoms with Crippen LogP contribution in [0, 0.1) is 12.3 Å². The Morgan fingerprint density at radius 3 is 2.50 bits per heavy atom. The molecule has 1 aromatic heterocycles. The maximum Gasteiger partial charge on any atom is 0.315 e. The largest absolute Gasteiger partial charge is 0.334 e. The normalized spacial score (nSPS) is 21.3. The van der Waals surface area contributed by atoms with E-state index in [0.29, 0.717) is 23.6 Å². The minimum Gasteiger partial charge on any atom is -0.334 e. The Morgan fingerprint density at radius 1 is 1.27 bits per heavy atom. The van der Waals surface area contributed by atoms with Gasteiger partial charge in [0.05, 0.1) is 5.69 Å². The number of nitrogens with one attached hydrogen (secondary N) is 1. The van der Waals surface area contributed by atoms with Crippen molar-refractivity contribution >= 4 is 28.3 Å². The van der Waals surface area contributed by atoms with Crippen molar-refractivity contribution in [3.8, 4) is 0 Å². The first kappa shape index (κ1) is 15.4. The van der Waals surface area contributed by atoms with Gasteiger partial charge in [-0.3, -0.25) is 14.9 Å². The quantitative estimate of drug-likeness (QED) is 0.792. The molecule has 1 spiro atoms. The molecule has 2 aliphatic heterocycles. The van der Waals surface area contributed by atoms with E-state index in [1.165, 1.54) is 17.8 Å². The third-order valence-electron chi connectivity index (χ3n) is 4.77. The molecule has 22 heavy (non-hydrogen) atoms. The predicted molar refractivity (Wildman–Crippen MR) is 85.8 cm³/mol. The molecule has 6 nitrogen and oxygen atoms in total. The van der Waals surface area contributed by atoms with Gasteiger partial charge in [0.15, 0.2) is 5.13 Å². The van der Waals surface area contributed by atoms with Crippen molar-refractivity contribution in [1.29, 1.82) is 0 Å². The maximum absolute atomic E-state index is 12.3. The third kappa shape index (κ3) is 3.15. The van der Waals surface area contributed by atoms with E-state index >= 15 is 0 Å². The molecule has 3 heterocycles. The Morgan fingerprint density at radius 2 is 1.95 bits per heavy atom. The fourth-order valence-electron chi connectivity index (χ4n) is 3.46. The van der Waals surface area contributed by atoms with Crippen LogP contribution in [0.4, 0.5) is 5.13 Å². The summed E-state index contributed by atoms with van der Waals surface area (Å²) in [4.78, 5) is 32.5. The third-order valence-corrected chi connectivity index (χ3v) is 5.65. The fraction of sp³-hybridized carbons (Fsp3) is 0.667. The number of anilines is 1. The maximum atomic E-state index is 12.3. The van der Waals surface area contributed by atoms with Gasteiger partial charge < -0.3 is 9.80 Å². The van der Waals surface area contributed by atoms with Crippen molar-refractivity contribution in [3.63, 3.8) is 0 Å². The first-order valence-electron chi connectivity index (χ1n) is 7.68. The number of thiazole rings is 1. The van der Waals surface area contributed by atoms with E-state index in [0.717, 1.165) is 31.6 Å². The predicted octanol–water partition coefficient (Wildman–Crippen LogP) is 1.33. The number of carbonyl (C=O) groups excluding carboxylic acids is 2. The summed E-state index contributed by atoms with van der Waals surface area (Å²) >= 11 is 1.34. The summed E-state index contributed by atoms with van der Waals surface area (Å²) < 4.78 is 0. The highest BCUT2D eigenvalue weighted by Crippen LogP contribution is 2.39. The summed E-state index contributed by atoms with van der Waals surface area (Å²) in [6, 6.07) is 0. The summed E-state index contributed by atoms with van der Waals surface area (Å²) in [6.45, 7) is 5.46. The van der Waals surface area contributed by atoms with Crippen molar-refractivity contribution < 1.29 is 9.59 Å². The Labute approximate surface area is 134 Å². The van der Waals surface area contributed by atoms with Gasteiger partial charge in [0, 0.05) is 25.0 Å². The summed E-state index contributed by atoms with van der Waals surface area (Å²) in [5.41, 5.74) is 1.20. The van der Waals surface area contributed by atoms with Gasteiger partial charge in [-0.2, -0.15) is 0 Å². The Hall–Kier alpha value is -1.47. The second-order valence-corrected chi connectivity index (χ2v) is 7.39. The van der Waals surface area contributed by atoms with Crippen LogP contribution >= 0.6 is 11.3 Å². The van der Waals surface area contributed by atoms with Crippen LogP contribution in [-0.2, 0) is 9.59 Å². The van der Waals surface area contributed by atoms with Crippen molar-refractivity contribution in [2.24, 2.45) is 5.41 Å². The van der Waals surface area contributed by atoms with Crippen LogP contribution in [-0.4, -0.2) is 59.8 Å². The molecule has 0 bridgehead atoms. The lowest BCUT2D eigenvalue weighted by Crippen LogP contribution is -2.47. The van der Waals surface area contributed by atoms with Crippen molar-refractivity contribution in [1.82, 2.24) is 14.8 Å². The average Bonchev–Trinajstić information content (AvgIpc) is 3.06. The molecule has 2 amide bonds. The van der Waals surface area contributed by atoms with Gasteiger partial charge >= 0.3 is 11.8 Å². The fourth-order valence-corrected chi connectivity index (χ4v) is 4.14. The molecule has 0 unspecified atom stereocenters. The van der Waals surface area contributed by atoms with Gasteiger partial charge in [-0.25, -0.2) is 4.98 Å². The van der Waals surface area contributed by atoms with E-state index < -0.39 is 11.8 Å². The molecule has 0 atom stereocenters. The first-order valence-corrected chi connectivity index (χ1v) is 8.56. The first-order chi connectivity index (χ1) is 10.5. The van der Waals surface area contributed by atoms with E-state index in [1.807, 2.05) is 12.3 Å². The smallest absolute Gasteiger partial charge is 0.315 e. The molecule has 120 valence electrons. The van der Waals surface area contributed by atoms with Crippen LogP contribution in [0.5, 0.6) is 0 Å². The highest BCUT2D eigenvalue weighted by atomic mass is 32.1. The van der Waals surface area contributed by atoms with Crippen LogP contribution in [0.15, 0.2) is 5.38 Å². The van der Waals surface area contributed by atoms with Crippen molar-refractivity contribution in [3.05, 3.63) is 11.1 Å². The minimum atomic E-state index is -0.575. The van der Waals surface area contributed by atoms with Gasteiger partial charge in [0.2, 0.25) is 0 Å². The second-order valence-electron chi connectivity index (χ2n) is 6.53. The molecular formula is C15H22N4O2S. The lowest BCUT2D eigenvalue weighted by molar-refractivity contribution is -0.144. The van der Waals surface area contributed by atoms with E-state index in [1.54, 1.807) is 4.90 Å². The molecule has 1 aromatic rings. The standard InChI is InChI=1S/C15H22N4O2S/c1-11-9-22-14(16-11)17-12(20)13(21)19-7-4-15(5-8-19)3-6-18(2)10-15/h9H,3-8,10H2,1-2H3,(H,16,17,20). The molecule has 2 fully saturated rings. The number of nitrogens with zero attached hydrogens (tertiary/aromatic N) is 3. The van der Waals surface area contributed by atoms with Crippen LogP contribution in [0.1, 0.15) is 25.0 Å². The minimum absolute atomic E-state index is 0.356. The molecule has 0 aliphatic carbocycles. The van der Waals surface area contributed by atoms with Gasteiger partial charge in [-0.05, 0) is 45.2 Å². The topological polar surface area (TPSA) is 65.5 Å². The number of hydrogen-bond acceptors (Lipinski definition) is 5. The Balaban J connectivity index is 1.54. The molecular weight excluding hydrogens is 300 g/mol. The van der Waals surface area contributed by atoms with Crippen LogP contribution in [0.25, 0.3) is 0 Å². The summed E-state index contributed by atoms with van der Waals surface area (Å²) in [5.74, 6) is -1.01. The van der Waals surface area contributed by atoms with Gasteiger partial charge in [-0.1, -0.05) is 0 Å². The number of aromatic nitrogens is 1. The zero-order chi connectivity index (χ0) is 15.7. The molecule has 0 aromatic carbocycles. The molecule has 0 saturated carbocycles. The van der Waals surface area contributed by atoms with Gasteiger partial charge in [0.25, 0.3) is 0 Å². The summed E-state index contributed by atoms with van der Waals surface area (Å²) in [5, 5.41) is 4.93. The molecule has 2 aliphatic rings. The Kier molecular flexibility index (Phi) is 4.18. The van der Waals surface area contributed by atoms with Crippen LogP contribution in [0.2, 0.25) is 0 Å². The van der Waals surface area contributed by atoms with Crippen molar-refractivity contribution in [2.75, 3.05) is 38.5 Å². The number of likely N-dealkylation sites (tertiary alicyclic amines) is 2. The van der Waals surface area contributed by atoms with E-state index in [4.69, 9.17) is 0 Å². The molecule has 2 saturated heterocycles.